The van der Waals surface area contributed by atoms with Gasteiger partial charge in [0.05, 0.1) is 17.2 Å². The summed E-state index contributed by atoms with van der Waals surface area (Å²) >= 11 is 1.78. The lowest BCUT2D eigenvalue weighted by molar-refractivity contribution is -0.708. The van der Waals surface area contributed by atoms with Crippen molar-refractivity contribution in [1.29, 1.82) is 0 Å². The SMILES string of the molecule is Cc1cc([N+](=O)[O-])ccc1N=C1SC[C@H](Cc2c[nH]c[n+]2CC(C)C)N1CC(C)C. The van der Waals surface area contributed by atoms with Gasteiger partial charge in [0.15, 0.2) is 5.17 Å². The van der Waals surface area contributed by atoms with Crippen molar-refractivity contribution in [2.45, 2.75) is 53.6 Å². The normalized spacial score (nSPS) is 18.2. The second-order valence-electron chi connectivity index (χ2n) is 8.82. The number of aromatic nitrogens is 2. The highest BCUT2D eigenvalue weighted by atomic mass is 32.2. The molecule has 1 aromatic heterocycles. The van der Waals surface area contributed by atoms with Crippen molar-refractivity contribution in [1.82, 2.24) is 9.88 Å². The third-order valence-corrected chi connectivity index (χ3v) is 6.25. The Morgan fingerprint density at radius 3 is 2.73 bits per heavy atom. The zero-order valence-corrected chi connectivity index (χ0v) is 19.3. The number of hydrogen-bond donors (Lipinski definition) is 1. The van der Waals surface area contributed by atoms with Crippen molar-refractivity contribution in [2.24, 2.45) is 16.8 Å². The number of non-ortho nitro benzene ring substituents is 1. The molecule has 0 saturated carbocycles. The molecule has 0 aliphatic carbocycles. The Morgan fingerprint density at radius 2 is 2.10 bits per heavy atom. The molecule has 0 amide bonds. The van der Waals surface area contributed by atoms with Crippen LogP contribution >= 0.6 is 11.8 Å². The first-order valence-electron chi connectivity index (χ1n) is 10.5. The summed E-state index contributed by atoms with van der Waals surface area (Å²) in [4.78, 5) is 21.3. The molecular formula is C22H32N5O2S+. The fraction of sp³-hybridized carbons (Fsp3) is 0.545. The van der Waals surface area contributed by atoms with E-state index in [1.165, 1.54) is 11.8 Å². The van der Waals surface area contributed by atoms with E-state index in [1.54, 1.807) is 23.9 Å². The van der Waals surface area contributed by atoms with Gasteiger partial charge >= 0.3 is 0 Å². The smallest absolute Gasteiger partial charge is 0.269 e. The molecule has 0 spiro atoms. The van der Waals surface area contributed by atoms with E-state index in [0.717, 1.165) is 41.7 Å². The Labute approximate surface area is 182 Å². The topological polar surface area (TPSA) is 78.4 Å². The number of thioether (sulfide) groups is 1. The largest absolute Gasteiger partial charge is 0.347 e. The Balaban J connectivity index is 1.84. The van der Waals surface area contributed by atoms with Crippen LogP contribution in [0.2, 0.25) is 0 Å². The molecular weight excluding hydrogens is 398 g/mol. The van der Waals surface area contributed by atoms with Crippen molar-refractivity contribution in [3.63, 3.8) is 0 Å². The molecule has 1 saturated heterocycles. The summed E-state index contributed by atoms with van der Waals surface area (Å²) in [5.41, 5.74) is 3.05. The van der Waals surface area contributed by atoms with Gasteiger partial charge in [0.2, 0.25) is 6.33 Å². The first-order valence-corrected chi connectivity index (χ1v) is 11.5. The van der Waals surface area contributed by atoms with Crippen LogP contribution in [0, 0.1) is 28.9 Å². The summed E-state index contributed by atoms with van der Waals surface area (Å²) in [6.07, 6.45) is 5.13. The highest BCUT2D eigenvalue weighted by Gasteiger charge is 2.32. The maximum Gasteiger partial charge on any atom is 0.269 e. The average Bonchev–Trinajstić information content (AvgIpc) is 3.24. The number of hydrogen-bond acceptors (Lipinski definition) is 4. The van der Waals surface area contributed by atoms with Gasteiger partial charge in [-0.05, 0) is 30.4 Å². The quantitative estimate of drug-likeness (QED) is 0.380. The highest BCUT2D eigenvalue weighted by Crippen LogP contribution is 2.31. The number of aryl methyl sites for hydroxylation is 1. The van der Waals surface area contributed by atoms with Gasteiger partial charge in [-0.1, -0.05) is 39.5 Å². The summed E-state index contributed by atoms with van der Waals surface area (Å²) in [6, 6.07) is 5.26. The van der Waals surface area contributed by atoms with E-state index in [-0.39, 0.29) is 10.6 Å². The van der Waals surface area contributed by atoms with Crippen LogP contribution in [0.1, 0.15) is 39.0 Å². The predicted octanol–water partition coefficient (Wildman–Crippen LogP) is 4.48. The summed E-state index contributed by atoms with van der Waals surface area (Å²) in [5.74, 6) is 2.10. The van der Waals surface area contributed by atoms with E-state index in [0.29, 0.717) is 17.9 Å². The van der Waals surface area contributed by atoms with Crippen molar-refractivity contribution >= 4 is 28.3 Å². The summed E-state index contributed by atoms with van der Waals surface area (Å²) in [7, 11) is 0. The van der Waals surface area contributed by atoms with Gasteiger partial charge in [0.1, 0.15) is 11.9 Å². The van der Waals surface area contributed by atoms with Gasteiger partial charge in [-0.3, -0.25) is 10.1 Å². The summed E-state index contributed by atoms with van der Waals surface area (Å²) < 4.78 is 2.32. The number of benzene rings is 1. The molecule has 1 N–H and O–H groups in total. The van der Waals surface area contributed by atoms with Crippen molar-refractivity contribution in [2.75, 3.05) is 12.3 Å². The summed E-state index contributed by atoms with van der Waals surface area (Å²) in [5, 5.41) is 12.0. The van der Waals surface area contributed by atoms with Crippen LogP contribution in [-0.2, 0) is 13.0 Å². The highest BCUT2D eigenvalue weighted by molar-refractivity contribution is 8.14. The van der Waals surface area contributed by atoms with Crippen LogP contribution in [0.5, 0.6) is 0 Å². The summed E-state index contributed by atoms with van der Waals surface area (Å²) in [6.45, 7) is 12.7. The fourth-order valence-corrected chi connectivity index (χ4v) is 4.93. The number of nitro groups is 1. The molecule has 0 unspecified atom stereocenters. The number of imidazole rings is 1. The standard InChI is InChI=1S/C22H31N5O2S/c1-15(2)11-25-14-23-10-19(25)9-20-13-30-22(26(20)12-16(3)4)24-21-7-6-18(27(28)29)8-17(21)5/h6-8,10,14-16,20H,9,11-13H2,1-5H3/p+1/t20-/m0/s1. The Bertz CT molecular complexity index is 922. The number of nitrogens with one attached hydrogen (secondary N) is 1. The van der Waals surface area contributed by atoms with Crippen molar-refractivity contribution in [3.05, 3.63) is 52.1 Å². The Morgan fingerprint density at radius 1 is 1.33 bits per heavy atom. The molecule has 8 heteroatoms. The number of H-pyrrole nitrogens is 1. The lowest BCUT2D eigenvalue weighted by Gasteiger charge is -2.27. The van der Waals surface area contributed by atoms with Crippen molar-refractivity contribution < 1.29 is 9.49 Å². The lowest BCUT2D eigenvalue weighted by atomic mass is 10.1. The molecule has 162 valence electrons. The lowest BCUT2D eigenvalue weighted by Crippen LogP contribution is -2.43. The van der Waals surface area contributed by atoms with E-state index in [9.17, 15) is 10.1 Å². The maximum absolute atomic E-state index is 11.0. The molecule has 1 aromatic carbocycles. The van der Waals surface area contributed by atoms with Crippen LogP contribution in [-0.4, -0.2) is 38.3 Å². The van der Waals surface area contributed by atoms with Crippen LogP contribution < -0.4 is 4.57 Å². The molecule has 1 aliphatic rings. The van der Waals surface area contributed by atoms with Crippen molar-refractivity contribution in [3.8, 4) is 0 Å². The molecule has 0 bridgehead atoms. The number of aromatic amines is 1. The molecule has 0 radical (unpaired) electrons. The van der Waals surface area contributed by atoms with Crippen LogP contribution in [0.3, 0.4) is 0 Å². The number of aliphatic imine (C=N–C) groups is 1. The minimum Gasteiger partial charge on any atom is -0.347 e. The van der Waals surface area contributed by atoms with E-state index < -0.39 is 0 Å². The van der Waals surface area contributed by atoms with Crippen LogP contribution in [0.25, 0.3) is 0 Å². The maximum atomic E-state index is 11.0. The Kier molecular flexibility index (Phi) is 7.18. The minimum atomic E-state index is -0.362. The van der Waals surface area contributed by atoms with E-state index in [4.69, 9.17) is 4.99 Å². The van der Waals surface area contributed by atoms with Gasteiger partial charge in [-0.15, -0.1) is 0 Å². The first kappa shape index (κ1) is 22.3. The van der Waals surface area contributed by atoms with Gasteiger partial charge in [0, 0.05) is 36.9 Å². The third kappa shape index (κ3) is 5.41. The van der Waals surface area contributed by atoms with Crippen LogP contribution in [0.15, 0.2) is 35.7 Å². The zero-order chi connectivity index (χ0) is 21.8. The van der Waals surface area contributed by atoms with Gasteiger partial charge in [-0.2, -0.15) is 0 Å². The van der Waals surface area contributed by atoms with Gasteiger partial charge in [-0.25, -0.2) is 14.5 Å². The third-order valence-electron chi connectivity index (χ3n) is 5.12. The van der Waals surface area contributed by atoms with Crippen LogP contribution in [0.4, 0.5) is 11.4 Å². The number of nitrogens with zero attached hydrogens (tertiary/aromatic N) is 4. The van der Waals surface area contributed by atoms with Gasteiger partial charge < -0.3 is 4.90 Å². The first-order chi connectivity index (χ1) is 14.2. The number of rotatable bonds is 8. The molecule has 3 rings (SSSR count). The molecule has 30 heavy (non-hydrogen) atoms. The monoisotopic (exact) mass is 430 g/mol. The second-order valence-corrected chi connectivity index (χ2v) is 9.80. The molecule has 2 heterocycles. The minimum absolute atomic E-state index is 0.106. The van der Waals surface area contributed by atoms with E-state index in [2.05, 4.69) is 54.7 Å². The number of amidine groups is 1. The fourth-order valence-electron chi connectivity index (χ4n) is 3.74. The number of nitro benzene ring substituents is 1. The Hall–Kier alpha value is -2.35. The zero-order valence-electron chi connectivity index (χ0n) is 18.5. The molecule has 1 aliphatic heterocycles. The molecule has 2 aromatic rings. The molecule has 1 atom stereocenters. The predicted molar refractivity (Wildman–Crippen MR) is 122 cm³/mol. The molecule has 1 fully saturated rings. The average molecular weight is 431 g/mol. The van der Waals surface area contributed by atoms with E-state index in [1.807, 2.05) is 6.92 Å². The molecule has 7 nitrogen and oxygen atoms in total. The second kappa shape index (κ2) is 9.64. The van der Waals surface area contributed by atoms with E-state index >= 15 is 0 Å². The van der Waals surface area contributed by atoms with Gasteiger partial charge in [0.25, 0.3) is 5.69 Å².